The zero-order valence-corrected chi connectivity index (χ0v) is 20.6. The van der Waals surface area contributed by atoms with Crippen molar-refractivity contribution >= 4 is 28.9 Å². The van der Waals surface area contributed by atoms with Crippen molar-refractivity contribution in [2.75, 3.05) is 43.1 Å². The Labute approximate surface area is 206 Å². The Morgan fingerprint density at radius 3 is 2.57 bits per heavy atom. The number of amides is 2. The van der Waals surface area contributed by atoms with Gasteiger partial charge in [0, 0.05) is 61.4 Å². The number of nitrogens with one attached hydrogen (secondary N) is 2. The number of aryl methyl sites for hydroxylation is 1. The number of nitro benzene ring substituents is 1. The summed E-state index contributed by atoms with van der Waals surface area (Å²) in [6.07, 6.45) is 2.82. The lowest BCUT2D eigenvalue weighted by Gasteiger charge is -2.33. The molecule has 2 N–H and O–H groups in total. The first-order valence-corrected chi connectivity index (χ1v) is 12.1. The Balaban J connectivity index is 1.81. The number of piperidine rings is 1. The number of benzene rings is 2. The molecule has 0 unspecified atom stereocenters. The summed E-state index contributed by atoms with van der Waals surface area (Å²) in [5.41, 5.74) is 2.33. The summed E-state index contributed by atoms with van der Waals surface area (Å²) < 4.78 is 5.34. The molecule has 2 aromatic rings. The highest BCUT2D eigenvalue weighted by molar-refractivity contribution is 6.06. The van der Waals surface area contributed by atoms with Crippen molar-refractivity contribution in [1.82, 2.24) is 5.32 Å². The van der Waals surface area contributed by atoms with Gasteiger partial charge >= 0.3 is 0 Å². The molecule has 1 fully saturated rings. The van der Waals surface area contributed by atoms with E-state index in [9.17, 15) is 19.7 Å². The molecule has 0 bridgehead atoms. The van der Waals surface area contributed by atoms with E-state index in [0.29, 0.717) is 48.9 Å². The maximum atomic E-state index is 13.1. The lowest BCUT2D eigenvalue weighted by Crippen LogP contribution is -2.35. The normalized spacial score (nSPS) is 14.0. The molecule has 1 heterocycles. The Morgan fingerprint density at radius 2 is 1.89 bits per heavy atom. The third-order valence-electron chi connectivity index (χ3n) is 6.25. The van der Waals surface area contributed by atoms with E-state index in [4.69, 9.17) is 4.74 Å². The van der Waals surface area contributed by atoms with Crippen molar-refractivity contribution in [1.29, 1.82) is 0 Å². The van der Waals surface area contributed by atoms with Crippen molar-refractivity contribution in [3.63, 3.8) is 0 Å². The van der Waals surface area contributed by atoms with E-state index < -0.39 is 10.8 Å². The summed E-state index contributed by atoms with van der Waals surface area (Å²) in [4.78, 5) is 38.9. The van der Waals surface area contributed by atoms with Gasteiger partial charge in [0.05, 0.1) is 10.5 Å². The molecule has 0 atom stereocenters. The Hall–Kier alpha value is -3.46. The van der Waals surface area contributed by atoms with E-state index in [-0.39, 0.29) is 17.2 Å². The van der Waals surface area contributed by atoms with Crippen LogP contribution in [0.25, 0.3) is 0 Å². The molecule has 188 valence electrons. The number of carbonyl (C=O) groups excluding carboxylic acids is 2. The first-order valence-electron chi connectivity index (χ1n) is 12.1. The van der Waals surface area contributed by atoms with Crippen LogP contribution in [0.4, 0.5) is 17.1 Å². The molecule has 0 spiro atoms. The highest BCUT2D eigenvalue weighted by Gasteiger charge is 2.22. The highest BCUT2D eigenvalue weighted by atomic mass is 16.6. The molecule has 2 amide bonds. The van der Waals surface area contributed by atoms with Crippen LogP contribution in [0.1, 0.15) is 59.4 Å². The molecule has 9 nitrogen and oxygen atoms in total. The van der Waals surface area contributed by atoms with Crippen molar-refractivity contribution in [2.24, 2.45) is 5.92 Å². The SMILES string of the molecule is CCOCCCNC(=O)c1cc(NC(=O)c2ccc(C)c([N+](=O)[O-])c2)ccc1N1CCC(C)CC1. The average molecular weight is 483 g/mol. The number of ether oxygens (including phenoxy) is 1. The van der Waals surface area contributed by atoms with Gasteiger partial charge in [0.2, 0.25) is 0 Å². The van der Waals surface area contributed by atoms with Crippen molar-refractivity contribution < 1.29 is 19.2 Å². The van der Waals surface area contributed by atoms with Crippen LogP contribution >= 0.6 is 0 Å². The minimum absolute atomic E-state index is 0.112. The average Bonchev–Trinajstić information content (AvgIpc) is 2.84. The van der Waals surface area contributed by atoms with Crippen LogP contribution in [-0.4, -0.2) is 49.6 Å². The van der Waals surface area contributed by atoms with Crippen LogP contribution < -0.4 is 15.5 Å². The van der Waals surface area contributed by atoms with Gasteiger partial charge in [-0.15, -0.1) is 0 Å². The topological polar surface area (TPSA) is 114 Å². The number of nitro groups is 1. The Morgan fingerprint density at radius 1 is 1.14 bits per heavy atom. The van der Waals surface area contributed by atoms with Gasteiger partial charge in [-0.1, -0.05) is 13.0 Å². The largest absolute Gasteiger partial charge is 0.382 e. The summed E-state index contributed by atoms with van der Waals surface area (Å²) in [7, 11) is 0. The van der Waals surface area contributed by atoms with Crippen LogP contribution in [0.5, 0.6) is 0 Å². The van der Waals surface area contributed by atoms with E-state index in [1.165, 1.54) is 6.07 Å². The molecule has 3 rings (SSSR count). The van der Waals surface area contributed by atoms with Crippen LogP contribution in [0.2, 0.25) is 0 Å². The fourth-order valence-corrected chi connectivity index (χ4v) is 4.09. The minimum Gasteiger partial charge on any atom is -0.382 e. The van der Waals surface area contributed by atoms with Crippen LogP contribution in [0.3, 0.4) is 0 Å². The molecular formula is C26H34N4O5. The van der Waals surface area contributed by atoms with Gasteiger partial charge < -0.3 is 20.3 Å². The predicted molar refractivity (Wildman–Crippen MR) is 136 cm³/mol. The van der Waals surface area contributed by atoms with Crippen LogP contribution in [0.15, 0.2) is 36.4 Å². The third-order valence-corrected chi connectivity index (χ3v) is 6.25. The molecule has 1 saturated heterocycles. The summed E-state index contributed by atoms with van der Waals surface area (Å²) in [5, 5.41) is 17.0. The molecule has 9 heteroatoms. The third kappa shape index (κ3) is 7.02. The second-order valence-corrected chi connectivity index (χ2v) is 8.92. The number of anilines is 2. The van der Waals surface area contributed by atoms with E-state index in [0.717, 1.165) is 31.6 Å². The fourth-order valence-electron chi connectivity index (χ4n) is 4.09. The summed E-state index contributed by atoms with van der Waals surface area (Å²) >= 11 is 0. The van der Waals surface area contributed by atoms with Crippen molar-refractivity contribution in [3.8, 4) is 0 Å². The maximum Gasteiger partial charge on any atom is 0.273 e. The lowest BCUT2D eigenvalue weighted by atomic mass is 9.97. The molecule has 1 aliphatic heterocycles. The predicted octanol–water partition coefficient (Wildman–Crippen LogP) is 4.55. The molecule has 0 radical (unpaired) electrons. The van der Waals surface area contributed by atoms with Gasteiger partial charge in [-0.2, -0.15) is 0 Å². The van der Waals surface area contributed by atoms with Crippen molar-refractivity contribution in [3.05, 3.63) is 63.2 Å². The number of rotatable bonds is 10. The number of nitrogens with zero attached hydrogens (tertiary/aromatic N) is 2. The van der Waals surface area contributed by atoms with Gasteiger partial charge in [0.15, 0.2) is 0 Å². The second kappa shape index (κ2) is 12.3. The van der Waals surface area contributed by atoms with Gasteiger partial charge in [-0.3, -0.25) is 19.7 Å². The summed E-state index contributed by atoms with van der Waals surface area (Å²) in [5.74, 6) is -0.0351. The second-order valence-electron chi connectivity index (χ2n) is 8.92. The summed E-state index contributed by atoms with van der Waals surface area (Å²) in [6.45, 7) is 9.22. The first kappa shape index (κ1) is 26.2. The molecule has 2 aromatic carbocycles. The number of carbonyl (C=O) groups is 2. The van der Waals surface area contributed by atoms with Gasteiger partial charge in [-0.05, 0) is 63.3 Å². The standard InChI is InChI=1S/C26H34N4O5/c1-4-35-15-5-12-27-26(32)22-17-21(8-9-23(22)29-13-10-18(2)11-14-29)28-25(31)20-7-6-19(3)24(16-20)30(33)34/h6-9,16-18H,4-5,10-15H2,1-3H3,(H,27,32)(H,28,31). The van der Waals surface area contributed by atoms with Gasteiger partial charge in [0.1, 0.15) is 0 Å². The first-order chi connectivity index (χ1) is 16.8. The minimum atomic E-state index is -0.506. The molecule has 0 saturated carbocycles. The fraction of sp³-hybridized carbons (Fsp3) is 0.462. The Bertz CT molecular complexity index is 1060. The monoisotopic (exact) mass is 482 g/mol. The number of hydrogen-bond acceptors (Lipinski definition) is 6. The van der Waals surface area contributed by atoms with Crippen molar-refractivity contribution in [2.45, 2.75) is 40.0 Å². The Kier molecular flexibility index (Phi) is 9.19. The van der Waals surface area contributed by atoms with E-state index in [1.807, 2.05) is 13.0 Å². The maximum absolute atomic E-state index is 13.1. The quantitative estimate of drug-likeness (QED) is 0.292. The van der Waals surface area contributed by atoms with Crippen LogP contribution in [-0.2, 0) is 4.74 Å². The van der Waals surface area contributed by atoms with E-state index in [2.05, 4.69) is 22.5 Å². The summed E-state index contributed by atoms with van der Waals surface area (Å²) in [6, 6.07) is 9.66. The smallest absolute Gasteiger partial charge is 0.273 e. The lowest BCUT2D eigenvalue weighted by molar-refractivity contribution is -0.385. The van der Waals surface area contributed by atoms with Gasteiger partial charge in [-0.25, -0.2) is 0 Å². The highest BCUT2D eigenvalue weighted by Crippen LogP contribution is 2.29. The molecule has 1 aliphatic rings. The zero-order chi connectivity index (χ0) is 25.4. The molecular weight excluding hydrogens is 448 g/mol. The molecule has 35 heavy (non-hydrogen) atoms. The number of hydrogen-bond donors (Lipinski definition) is 2. The van der Waals surface area contributed by atoms with E-state index >= 15 is 0 Å². The molecule has 0 aromatic heterocycles. The molecule has 0 aliphatic carbocycles. The van der Waals surface area contributed by atoms with E-state index in [1.54, 1.807) is 31.2 Å². The zero-order valence-electron chi connectivity index (χ0n) is 20.6. The van der Waals surface area contributed by atoms with Gasteiger partial charge in [0.25, 0.3) is 17.5 Å². The van der Waals surface area contributed by atoms with Crippen LogP contribution in [0, 0.1) is 23.0 Å².